The Morgan fingerprint density at radius 2 is 2.28 bits per heavy atom. The lowest BCUT2D eigenvalue weighted by atomic mass is 10.2. The van der Waals surface area contributed by atoms with Crippen LogP contribution in [0.3, 0.4) is 0 Å². The average molecular weight is 269 g/mol. The summed E-state index contributed by atoms with van der Waals surface area (Å²) < 4.78 is 5.20. The van der Waals surface area contributed by atoms with Gasteiger partial charge in [-0.2, -0.15) is 0 Å². The molecule has 1 aliphatic rings. The SMILES string of the molecule is CNC(C)c1sc(N(CCOC)C2CC2)nc1C. The lowest BCUT2D eigenvalue weighted by Gasteiger charge is -2.20. The summed E-state index contributed by atoms with van der Waals surface area (Å²) in [5.41, 5.74) is 1.15. The van der Waals surface area contributed by atoms with Crippen LogP contribution < -0.4 is 10.2 Å². The number of thiazole rings is 1. The lowest BCUT2D eigenvalue weighted by Crippen LogP contribution is -2.29. The predicted octanol–water partition coefficient (Wildman–Crippen LogP) is 2.35. The first-order chi connectivity index (χ1) is 8.67. The summed E-state index contributed by atoms with van der Waals surface area (Å²) in [7, 11) is 3.75. The van der Waals surface area contributed by atoms with E-state index in [4.69, 9.17) is 9.72 Å². The molecule has 102 valence electrons. The molecule has 0 radical (unpaired) electrons. The second-order valence-corrected chi connectivity index (χ2v) is 5.88. The molecule has 0 aromatic carbocycles. The molecule has 1 aliphatic carbocycles. The number of hydrogen-bond acceptors (Lipinski definition) is 5. The third-order valence-corrected chi connectivity index (χ3v) is 4.79. The number of methoxy groups -OCH3 is 1. The second kappa shape index (κ2) is 5.99. The van der Waals surface area contributed by atoms with Crippen molar-refractivity contribution < 1.29 is 4.74 Å². The minimum atomic E-state index is 0.375. The quantitative estimate of drug-likeness (QED) is 0.824. The second-order valence-electron chi connectivity index (χ2n) is 4.87. The summed E-state index contributed by atoms with van der Waals surface area (Å²) in [4.78, 5) is 8.50. The number of nitrogens with one attached hydrogen (secondary N) is 1. The molecule has 2 rings (SSSR count). The maximum Gasteiger partial charge on any atom is 0.186 e. The highest BCUT2D eigenvalue weighted by atomic mass is 32.1. The van der Waals surface area contributed by atoms with Gasteiger partial charge < -0.3 is 15.0 Å². The van der Waals surface area contributed by atoms with Gasteiger partial charge in [-0.25, -0.2) is 4.98 Å². The van der Waals surface area contributed by atoms with Gasteiger partial charge in [0.05, 0.1) is 12.3 Å². The number of ether oxygens (including phenoxy) is 1. The molecule has 1 atom stereocenters. The number of nitrogens with zero attached hydrogens (tertiary/aromatic N) is 2. The first kappa shape index (κ1) is 13.8. The predicted molar refractivity (Wildman–Crippen MR) is 76.6 cm³/mol. The van der Waals surface area contributed by atoms with Crippen LogP contribution in [0.25, 0.3) is 0 Å². The van der Waals surface area contributed by atoms with Gasteiger partial charge in [0.25, 0.3) is 0 Å². The molecule has 0 amide bonds. The largest absolute Gasteiger partial charge is 0.383 e. The van der Waals surface area contributed by atoms with Crippen LogP contribution in [0.5, 0.6) is 0 Å². The molecule has 0 aliphatic heterocycles. The van der Waals surface area contributed by atoms with E-state index in [0.29, 0.717) is 12.1 Å². The molecule has 1 unspecified atom stereocenters. The Balaban J connectivity index is 2.14. The smallest absolute Gasteiger partial charge is 0.186 e. The molecule has 0 bridgehead atoms. The summed E-state index contributed by atoms with van der Waals surface area (Å²) in [6.07, 6.45) is 2.58. The fourth-order valence-electron chi connectivity index (χ4n) is 2.06. The molecular weight excluding hydrogens is 246 g/mol. The number of aromatic nitrogens is 1. The number of rotatable bonds is 7. The van der Waals surface area contributed by atoms with Gasteiger partial charge in [-0.1, -0.05) is 0 Å². The fourth-order valence-corrected chi connectivity index (χ4v) is 3.28. The molecule has 1 aromatic rings. The van der Waals surface area contributed by atoms with Crippen LogP contribution in [0.15, 0.2) is 0 Å². The van der Waals surface area contributed by atoms with E-state index in [1.54, 1.807) is 7.11 Å². The van der Waals surface area contributed by atoms with Crippen LogP contribution in [0, 0.1) is 6.92 Å². The van der Waals surface area contributed by atoms with Gasteiger partial charge in [0, 0.05) is 30.6 Å². The molecule has 18 heavy (non-hydrogen) atoms. The molecule has 5 heteroatoms. The van der Waals surface area contributed by atoms with Crippen molar-refractivity contribution in [3.8, 4) is 0 Å². The van der Waals surface area contributed by atoms with Gasteiger partial charge in [-0.15, -0.1) is 11.3 Å². The topological polar surface area (TPSA) is 37.4 Å². The zero-order valence-electron chi connectivity index (χ0n) is 11.7. The Morgan fingerprint density at radius 1 is 1.56 bits per heavy atom. The fraction of sp³-hybridized carbons (Fsp3) is 0.769. The van der Waals surface area contributed by atoms with E-state index in [-0.39, 0.29) is 0 Å². The zero-order valence-corrected chi connectivity index (χ0v) is 12.5. The van der Waals surface area contributed by atoms with Crippen LogP contribution in [-0.2, 0) is 4.74 Å². The molecule has 1 fully saturated rings. The molecule has 4 nitrogen and oxygen atoms in total. The van der Waals surface area contributed by atoms with Crippen molar-refractivity contribution in [2.24, 2.45) is 0 Å². The zero-order chi connectivity index (χ0) is 13.1. The minimum absolute atomic E-state index is 0.375. The van der Waals surface area contributed by atoms with Crippen LogP contribution in [0.4, 0.5) is 5.13 Å². The van der Waals surface area contributed by atoms with E-state index < -0.39 is 0 Å². The molecular formula is C13H23N3OS. The Hall–Kier alpha value is -0.650. The van der Waals surface area contributed by atoms with Crippen molar-refractivity contribution >= 4 is 16.5 Å². The highest BCUT2D eigenvalue weighted by molar-refractivity contribution is 7.15. The van der Waals surface area contributed by atoms with Gasteiger partial charge in [0.2, 0.25) is 0 Å². The first-order valence-corrected chi connectivity index (χ1v) is 7.39. The van der Waals surface area contributed by atoms with Crippen molar-refractivity contribution in [1.82, 2.24) is 10.3 Å². The third-order valence-electron chi connectivity index (χ3n) is 3.42. The van der Waals surface area contributed by atoms with Gasteiger partial charge >= 0.3 is 0 Å². The molecule has 1 aromatic heterocycles. The molecule has 0 saturated heterocycles. The van der Waals surface area contributed by atoms with Gasteiger partial charge in [0.1, 0.15) is 0 Å². The molecule has 1 saturated carbocycles. The van der Waals surface area contributed by atoms with E-state index in [0.717, 1.165) is 24.0 Å². The molecule has 1 heterocycles. The van der Waals surface area contributed by atoms with Crippen LogP contribution in [-0.4, -0.2) is 38.3 Å². The number of aryl methyl sites for hydroxylation is 1. The first-order valence-electron chi connectivity index (χ1n) is 6.57. The number of anilines is 1. The van der Waals surface area contributed by atoms with E-state index in [1.807, 2.05) is 18.4 Å². The summed E-state index contributed by atoms with van der Waals surface area (Å²) in [5, 5.41) is 4.45. The summed E-state index contributed by atoms with van der Waals surface area (Å²) in [5.74, 6) is 0. The highest BCUT2D eigenvalue weighted by Crippen LogP contribution is 2.36. The van der Waals surface area contributed by atoms with Crippen molar-refractivity contribution in [1.29, 1.82) is 0 Å². The monoisotopic (exact) mass is 269 g/mol. The van der Waals surface area contributed by atoms with Gasteiger partial charge in [0.15, 0.2) is 5.13 Å². The Bertz CT molecular complexity index is 390. The molecule has 1 N–H and O–H groups in total. The highest BCUT2D eigenvalue weighted by Gasteiger charge is 2.31. The van der Waals surface area contributed by atoms with Crippen LogP contribution >= 0.6 is 11.3 Å². The standard InChI is InChI=1S/C13H23N3OS/c1-9(14-3)12-10(2)15-13(18-12)16(7-8-17-4)11-5-6-11/h9,11,14H,5-8H2,1-4H3. The average Bonchev–Trinajstić information content (AvgIpc) is 3.12. The van der Waals surface area contributed by atoms with Crippen LogP contribution in [0.2, 0.25) is 0 Å². The lowest BCUT2D eigenvalue weighted by molar-refractivity contribution is 0.205. The Labute approximate surface area is 113 Å². The van der Waals surface area contributed by atoms with Gasteiger partial charge in [-0.05, 0) is 33.7 Å². The summed E-state index contributed by atoms with van der Waals surface area (Å²) in [6.45, 7) is 6.00. The molecule has 0 spiro atoms. The minimum Gasteiger partial charge on any atom is -0.383 e. The van der Waals surface area contributed by atoms with Gasteiger partial charge in [-0.3, -0.25) is 0 Å². The summed E-state index contributed by atoms with van der Waals surface area (Å²) in [6, 6.07) is 1.06. The van der Waals surface area contributed by atoms with Crippen molar-refractivity contribution in [2.45, 2.75) is 38.8 Å². The maximum atomic E-state index is 5.20. The normalized spacial score (nSPS) is 16.9. The van der Waals surface area contributed by atoms with E-state index in [9.17, 15) is 0 Å². The Kier molecular flexibility index (Phi) is 4.59. The van der Waals surface area contributed by atoms with Crippen molar-refractivity contribution in [3.63, 3.8) is 0 Å². The van der Waals surface area contributed by atoms with Crippen molar-refractivity contribution in [2.75, 3.05) is 32.2 Å². The van der Waals surface area contributed by atoms with E-state index in [1.165, 1.54) is 17.7 Å². The maximum absolute atomic E-state index is 5.20. The number of hydrogen-bond donors (Lipinski definition) is 1. The van der Waals surface area contributed by atoms with Crippen LogP contribution in [0.1, 0.15) is 36.4 Å². The van der Waals surface area contributed by atoms with E-state index in [2.05, 4.69) is 24.1 Å². The Morgan fingerprint density at radius 3 is 2.83 bits per heavy atom. The van der Waals surface area contributed by atoms with Crippen molar-refractivity contribution in [3.05, 3.63) is 10.6 Å². The third kappa shape index (κ3) is 3.02. The summed E-state index contributed by atoms with van der Waals surface area (Å²) >= 11 is 1.82. The van der Waals surface area contributed by atoms with E-state index >= 15 is 0 Å².